The van der Waals surface area contributed by atoms with E-state index in [0.717, 1.165) is 12.8 Å². The topological polar surface area (TPSA) is 55.1 Å². The van der Waals surface area contributed by atoms with Crippen molar-refractivity contribution >= 4 is 34.8 Å². The number of anilines is 1. The second-order valence-electron chi connectivity index (χ2n) is 3.61. The summed E-state index contributed by atoms with van der Waals surface area (Å²) in [5, 5.41) is 3.38. The monoisotopic (exact) mass is 244 g/mol. The van der Waals surface area contributed by atoms with Crippen LogP contribution >= 0.6 is 23.2 Å². The van der Waals surface area contributed by atoms with Crippen molar-refractivity contribution in [2.45, 2.75) is 18.9 Å². The minimum atomic E-state index is -0.211. The molecule has 1 aliphatic rings. The molecule has 1 saturated carbocycles. The molecule has 1 aromatic carbocycles. The van der Waals surface area contributed by atoms with Gasteiger partial charge in [0.2, 0.25) is 0 Å². The third-order valence-corrected chi connectivity index (χ3v) is 3.01. The molecule has 0 unspecified atom stereocenters. The standard InChI is InChI=1S/C10H10Cl2N2O/c11-8-4-5(13)3-7(9(8)12)10(15)14-6-1-2-6/h3-4,6H,1-2,13H2,(H,14,15). The van der Waals surface area contributed by atoms with Crippen LogP contribution in [0.2, 0.25) is 10.0 Å². The van der Waals surface area contributed by atoms with Gasteiger partial charge in [0.15, 0.2) is 0 Å². The van der Waals surface area contributed by atoms with Gasteiger partial charge in [-0.2, -0.15) is 0 Å². The van der Waals surface area contributed by atoms with Gasteiger partial charge >= 0.3 is 0 Å². The van der Waals surface area contributed by atoms with Crippen LogP contribution in [0.4, 0.5) is 5.69 Å². The zero-order valence-electron chi connectivity index (χ0n) is 7.89. The maximum absolute atomic E-state index is 11.7. The first-order valence-electron chi connectivity index (χ1n) is 4.63. The summed E-state index contributed by atoms with van der Waals surface area (Å²) in [6, 6.07) is 3.35. The van der Waals surface area contributed by atoms with Gasteiger partial charge in [0.25, 0.3) is 5.91 Å². The van der Waals surface area contributed by atoms with Crippen LogP contribution in [0.15, 0.2) is 12.1 Å². The lowest BCUT2D eigenvalue weighted by molar-refractivity contribution is 0.0951. The Morgan fingerprint density at radius 1 is 1.40 bits per heavy atom. The van der Waals surface area contributed by atoms with Gasteiger partial charge in [0, 0.05) is 11.7 Å². The molecule has 1 amide bonds. The van der Waals surface area contributed by atoms with E-state index < -0.39 is 0 Å². The number of nitrogens with one attached hydrogen (secondary N) is 1. The van der Waals surface area contributed by atoms with Crippen LogP contribution in [0.3, 0.4) is 0 Å². The highest BCUT2D eigenvalue weighted by Gasteiger charge is 2.25. The molecule has 0 aliphatic heterocycles. The van der Waals surface area contributed by atoms with E-state index in [2.05, 4.69) is 5.32 Å². The van der Waals surface area contributed by atoms with E-state index in [-0.39, 0.29) is 17.0 Å². The quantitative estimate of drug-likeness (QED) is 0.786. The van der Waals surface area contributed by atoms with E-state index >= 15 is 0 Å². The van der Waals surface area contributed by atoms with Gasteiger partial charge in [-0.15, -0.1) is 0 Å². The van der Waals surface area contributed by atoms with Crippen LogP contribution in [0.1, 0.15) is 23.2 Å². The predicted molar refractivity (Wildman–Crippen MR) is 61.4 cm³/mol. The summed E-state index contributed by atoms with van der Waals surface area (Å²) in [6.07, 6.45) is 2.05. The molecule has 1 fully saturated rings. The molecule has 0 saturated heterocycles. The van der Waals surface area contributed by atoms with Crippen LogP contribution in [-0.4, -0.2) is 11.9 Å². The summed E-state index contributed by atoms with van der Waals surface area (Å²) < 4.78 is 0. The highest BCUT2D eigenvalue weighted by molar-refractivity contribution is 6.44. The smallest absolute Gasteiger partial charge is 0.253 e. The summed E-state index contributed by atoms with van der Waals surface area (Å²) in [6.45, 7) is 0. The van der Waals surface area contributed by atoms with Gasteiger partial charge < -0.3 is 11.1 Å². The maximum atomic E-state index is 11.7. The van der Waals surface area contributed by atoms with E-state index in [1.165, 1.54) is 12.1 Å². The molecule has 80 valence electrons. The van der Waals surface area contributed by atoms with Crippen molar-refractivity contribution in [3.05, 3.63) is 27.7 Å². The van der Waals surface area contributed by atoms with E-state index in [1.54, 1.807) is 0 Å². The summed E-state index contributed by atoms with van der Waals surface area (Å²) in [7, 11) is 0. The van der Waals surface area contributed by atoms with Crippen LogP contribution in [0, 0.1) is 0 Å². The molecule has 5 heteroatoms. The molecule has 0 aromatic heterocycles. The average Bonchev–Trinajstić information content (AvgIpc) is 2.94. The number of carbonyl (C=O) groups excluding carboxylic acids is 1. The highest BCUT2D eigenvalue weighted by Crippen LogP contribution is 2.29. The number of carbonyl (C=O) groups is 1. The molecule has 0 heterocycles. The van der Waals surface area contributed by atoms with Crippen molar-refractivity contribution in [1.82, 2.24) is 5.32 Å². The van der Waals surface area contributed by atoms with E-state index in [1.807, 2.05) is 0 Å². The summed E-state index contributed by atoms with van der Waals surface area (Å²) in [5.41, 5.74) is 6.37. The zero-order valence-corrected chi connectivity index (χ0v) is 9.40. The Balaban J connectivity index is 2.28. The first-order valence-corrected chi connectivity index (χ1v) is 5.39. The predicted octanol–water partition coefficient (Wildman–Crippen LogP) is 2.47. The Morgan fingerprint density at radius 2 is 2.07 bits per heavy atom. The fourth-order valence-electron chi connectivity index (χ4n) is 1.27. The molecule has 2 rings (SSSR count). The minimum Gasteiger partial charge on any atom is -0.399 e. The molecule has 1 aromatic rings. The number of hydrogen-bond acceptors (Lipinski definition) is 2. The van der Waals surface area contributed by atoms with Gasteiger partial charge in [-0.1, -0.05) is 23.2 Å². The molecule has 15 heavy (non-hydrogen) atoms. The third-order valence-electron chi connectivity index (χ3n) is 2.21. The van der Waals surface area contributed by atoms with Gasteiger partial charge in [0.05, 0.1) is 15.6 Å². The van der Waals surface area contributed by atoms with Crippen molar-refractivity contribution in [2.24, 2.45) is 0 Å². The Hall–Kier alpha value is -0.930. The molecule has 3 N–H and O–H groups in total. The van der Waals surface area contributed by atoms with Gasteiger partial charge in [-0.05, 0) is 25.0 Å². The van der Waals surface area contributed by atoms with Crippen LogP contribution in [0.25, 0.3) is 0 Å². The second kappa shape index (κ2) is 3.91. The van der Waals surface area contributed by atoms with E-state index in [4.69, 9.17) is 28.9 Å². The molecular formula is C10H10Cl2N2O. The van der Waals surface area contributed by atoms with E-state index in [0.29, 0.717) is 16.3 Å². The van der Waals surface area contributed by atoms with Gasteiger partial charge in [-0.25, -0.2) is 0 Å². The zero-order chi connectivity index (χ0) is 11.0. The second-order valence-corrected chi connectivity index (χ2v) is 4.40. The normalized spacial score (nSPS) is 15.1. The van der Waals surface area contributed by atoms with Crippen LogP contribution < -0.4 is 11.1 Å². The Morgan fingerprint density at radius 3 is 2.67 bits per heavy atom. The lowest BCUT2D eigenvalue weighted by Crippen LogP contribution is -2.25. The molecular weight excluding hydrogens is 235 g/mol. The molecule has 1 aliphatic carbocycles. The summed E-state index contributed by atoms with van der Waals surface area (Å²) in [5.74, 6) is -0.211. The first-order chi connectivity index (χ1) is 7.08. The lowest BCUT2D eigenvalue weighted by Gasteiger charge is -2.07. The van der Waals surface area contributed by atoms with E-state index in [9.17, 15) is 4.79 Å². The number of amides is 1. The number of nitrogens with two attached hydrogens (primary N) is 1. The SMILES string of the molecule is Nc1cc(Cl)c(Cl)c(C(=O)NC2CC2)c1. The van der Waals surface area contributed by atoms with Crippen molar-refractivity contribution < 1.29 is 4.79 Å². The molecule has 0 bridgehead atoms. The lowest BCUT2D eigenvalue weighted by atomic mass is 10.2. The largest absolute Gasteiger partial charge is 0.399 e. The maximum Gasteiger partial charge on any atom is 0.253 e. The number of rotatable bonds is 2. The molecule has 0 atom stereocenters. The summed E-state index contributed by atoms with van der Waals surface area (Å²) >= 11 is 11.7. The fraction of sp³-hybridized carbons (Fsp3) is 0.300. The number of benzene rings is 1. The van der Waals surface area contributed by atoms with Crippen LogP contribution in [0.5, 0.6) is 0 Å². The van der Waals surface area contributed by atoms with Gasteiger partial charge in [-0.3, -0.25) is 4.79 Å². The Kier molecular flexibility index (Phi) is 2.76. The van der Waals surface area contributed by atoms with Crippen molar-refractivity contribution in [1.29, 1.82) is 0 Å². The average molecular weight is 245 g/mol. The Bertz CT molecular complexity index is 416. The molecule has 3 nitrogen and oxygen atoms in total. The molecule has 0 radical (unpaired) electrons. The van der Waals surface area contributed by atoms with Crippen molar-refractivity contribution in [3.8, 4) is 0 Å². The fourth-order valence-corrected chi connectivity index (χ4v) is 1.69. The number of nitrogen functional groups attached to an aromatic ring is 1. The van der Waals surface area contributed by atoms with Crippen molar-refractivity contribution in [2.75, 3.05) is 5.73 Å². The van der Waals surface area contributed by atoms with Crippen LogP contribution in [-0.2, 0) is 0 Å². The molecule has 0 spiro atoms. The minimum absolute atomic E-state index is 0.211. The van der Waals surface area contributed by atoms with Gasteiger partial charge in [0.1, 0.15) is 0 Å². The third kappa shape index (κ3) is 2.36. The highest BCUT2D eigenvalue weighted by atomic mass is 35.5. The summed E-state index contributed by atoms with van der Waals surface area (Å²) in [4.78, 5) is 11.7. The van der Waals surface area contributed by atoms with Crippen molar-refractivity contribution in [3.63, 3.8) is 0 Å². The number of hydrogen-bond donors (Lipinski definition) is 2. The first kappa shape index (κ1) is 10.6. The Labute approximate surface area is 97.5 Å². The number of halogens is 2.